The fraction of sp³-hybridized carbons (Fsp3) is 0.448. The molecule has 0 saturated carbocycles. The highest BCUT2D eigenvalue weighted by molar-refractivity contribution is 5.72. The molecule has 3 amide bonds. The second-order valence-corrected chi connectivity index (χ2v) is 24.8. The number of ether oxygens (including phenoxy) is 3. The number of halogens is 1. The van der Waals surface area contributed by atoms with E-state index in [1.165, 1.54) is 0 Å². The number of rotatable bonds is 8. The van der Waals surface area contributed by atoms with Gasteiger partial charge in [-0.3, -0.25) is 39.4 Å². The molecule has 6 bridgehead atoms. The van der Waals surface area contributed by atoms with Crippen LogP contribution in [0.3, 0.4) is 0 Å². The van der Waals surface area contributed by atoms with Crippen LogP contribution < -0.4 is 0 Å². The van der Waals surface area contributed by atoms with Crippen molar-refractivity contribution in [3.8, 4) is 0 Å². The highest BCUT2D eigenvalue weighted by Gasteiger charge is 2.49. The normalized spacial score (nSPS) is 31.4. The molecule has 18 rings (SSSR count). The number of hydrogen-bond acceptors (Lipinski definition) is 11. The van der Waals surface area contributed by atoms with Gasteiger partial charge in [0.25, 0.3) is 0 Å². The number of nitrogens with zero attached hydrogens (tertiary/aromatic N) is 8. The summed E-state index contributed by atoms with van der Waals surface area (Å²) in [5, 5.41) is 0. The number of piperidine rings is 9. The van der Waals surface area contributed by atoms with Crippen LogP contribution in [0.5, 0.6) is 0 Å². The minimum atomic E-state index is -0.505. The van der Waals surface area contributed by atoms with Crippen molar-refractivity contribution in [2.24, 2.45) is 17.8 Å². The fourth-order valence-electron chi connectivity index (χ4n) is 16.3. The second kappa shape index (κ2) is 21.5. The largest absolute Gasteiger partial charge is 0.444 e. The third-order valence-electron chi connectivity index (χ3n) is 20.4. The van der Waals surface area contributed by atoms with E-state index in [1.54, 1.807) is 6.07 Å². The number of pyridine rings is 2. The Morgan fingerprint density at radius 3 is 1.54 bits per heavy atom. The number of benzene rings is 4. The third kappa shape index (κ3) is 9.40. The van der Waals surface area contributed by atoms with Gasteiger partial charge in [-0.05, 0) is 139 Å². The van der Waals surface area contributed by atoms with Crippen molar-refractivity contribution in [2.45, 2.75) is 93.2 Å². The lowest BCUT2D eigenvalue weighted by molar-refractivity contribution is -0.0576. The molecule has 6 unspecified atom stereocenters. The van der Waals surface area contributed by atoms with Crippen LogP contribution in [0.25, 0.3) is 0 Å². The van der Waals surface area contributed by atoms with Crippen molar-refractivity contribution in [1.29, 1.82) is 0 Å². The van der Waals surface area contributed by atoms with Gasteiger partial charge >= 0.3 is 18.3 Å². The molecule has 14 nitrogen and oxygen atoms in total. The van der Waals surface area contributed by atoms with Crippen molar-refractivity contribution < 1.29 is 33.0 Å². The van der Waals surface area contributed by atoms with E-state index in [9.17, 15) is 9.59 Å². The Morgan fingerprint density at radius 1 is 0.463 bits per heavy atom. The number of fused-ring (bicyclic) bond motifs is 12. The average molecular weight is 1100 g/mol. The molecule has 0 spiro atoms. The van der Waals surface area contributed by atoms with Gasteiger partial charge < -0.3 is 14.2 Å². The zero-order valence-corrected chi connectivity index (χ0v) is 46.4. The summed E-state index contributed by atoms with van der Waals surface area (Å²) in [4.78, 5) is 66.5. The Bertz CT molecular complexity index is 3370. The summed E-state index contributed by atoms with van der Waals surface area (Å²) in [6.45, 7) is 8.92. The van der Waals surface area contributed by atoms with Gasteiger partial charge in [0.1, 0.15) is 24.1 Å². The van der Waals surface area contributed by atoms with Crippen LogP contribution in [-0.2, 0) is 33.5 Å². The second-order valence-electron chi connectivity index (χ2n) is 24.8. The molecule has 9 saturated heterocycles. The van der Waals surface area contributed by atoms with Crippen LogP contribution in [-0.4, -0.2) is 154 Å². The van der Waals surface area contributed by atoms with Crippen molar-refractivity contribution >= 4 is 18.3 Å². The summed E-state index contributed by atoms with van der Waals surface area (Å²) in [6, 6.07) is 37.4. The minimum Gasteiger partial charge on any atom is -0.444 e. The van der Waals surface area contributed by atoms with Gasteiger partial charge in [-0.15, -0.1) is 0 Å². The number of aromatic nitrogens is 2. The van der Waals surface area contributed by atoms with Gasteiger partial charge in [0.05, 0.1) is 18.1 Å². The fourth-order valence-corrected chi connectivity index (χ4v) is 16.3. The lowest BCUT2D eigenvalue weighted by Gasteiger charge is -2.50. The summed E-state index contributed by atoms with van der Waals surface area (Å²) >= 11 is 0. The molecular formula is C67H71FN8O6. The summed E-state index contributed by atoms with van der Waals surface area (Å²) in [5.74, 6) is 0.170. The first-order valence-corrected chi connectivity index (χ1v) is 30.2. The third-order valence-corrected chi connectivity index (χ3v) is 20.4. The van der Waals surface area contributed by atoms with Crippen LogP contribution >= 0.6 is 0 Å². The Morgan fingerprint density at radius 2 is 0.963 bits per heavy atom. The maximum absolute atomic E-state index is 16.9. The molecule has 14 heterocycles. The summed E-state index contributed by atoms with van der Waals surface area (Å²) in [6.07, 6.45) is 9.42. The van der Waals surface area contributed by atoms with Gasteiger partial charge in [-0.2, -0.15) is 0 Å². The van der Waals surface area contributed by atoms with Crippen LogP contribution in [0.2, 0.25) is 0 Å². The quantitative estimate of drug-likeness (QED) is 0.135. The minimum absolute atomic E-state index is 0.0329. The van der Waals surface area contributed by atoms with Gasteiger partial charge in [-0.1, -0.05) is 97.1 Å². The van der Waals surface area contributed by atoms with Crippen LogP contribution in [0.4, 0.5) is 18.8 Å². The van der Waals surface area contributed by atoms with E-state index in [0.29, 0.717) is 63.5 Å². The maximum Gasteiger partial charge on any atom is 0.410 e. The predicted octanol–water partition coefficient (Wildman–Crippen LogP) is 9.94. The smallest absolute Gasteiger partial charge is 0.410 e. The van der Waals surface area contributed by atoms with E-state index in [0.717, 1.165) is 127 Å². The molecule has 0 N–H and O–H groups in total. The highest BCUT2D eigenvalue weighted by atomic mass is 19.1. The van der Waals surface area contributed by atoms with Gasteiger partial charge in [0.15, 0.2) is 0 Å². The van der Waals surface area contributed by atoms with Gasteiger partial charge in [-0.25, -0.2) is 18.8 Å². The van der Waals surface area contributed by atoms with Crippen molar-refractivity contribution in [3.05, 3.63) is 201 Å². The summed E-state index contributed by atoms with van der Waals surface area (Å²) in [7, 11) is 0. The maximum atomic E-state index is 16.9. The van der Waals surface area contributed by atoms with Crippen LogP contribution in [0.15, 0.2) is 134 Å². The molecule has 15 heteroatoms. The molecule has 12 aliphatic rings. The van der Waals surface area contributed by atoms with Gasteiger partial charge in [0.2, 0.25) is 0 Å². The average Bonchev–Trinajstić information content (AvgIpc) is 3.58. The molecule has 82 heavy (non-hydrogen) atoms. The van der Waals surface area contributed by atoms with E-state index in [4.69, 9.17) is 19.2 Å². The monoisotopic (exact) mass is 1100 g/mol. The first-order valence-electron chi connectivity index (χ1n) is 30.2. The van der Waals surface area contributed by atoms with E-state index in [2.05, 4.69) is 56.1 Å². The number of hydrogen-bond donors (Lipinski definition) is 0. The molecule has 0 aliphatic carbocycles. The first kappa shape index (κ1) is 51.7. The zero-order chi connectivity index (χ0) is 55.0. The SMILES string of the molecule is O=C(O[C@@H]1CN2CCC1C(c1cnc3c(c1)[C@H](c1ccccc1)N(C(=O)O[C@@H]1CN4CCC1C(c1cc(F)c5c(c1)[C@H](c1ccccc1)N(C(=O)O[C@@H]1CN6CCC1CC6)CC5)C4)CC3)C2)N1CCc2cnccc2[C@@H]1c1ccccc1. The lowest BCUT2D eigenvalue weighted by atomic mass is 9.72. The van der Waals surface area contributed by atoms with E-state index < -0.39 is 18.2 Å². The van der Waals surface area contributed by atoms with Crippen molar-refractivity contribution in [2.75, 3.05) is 78.5 Å². The molecule has 4 aromatic carbocycles. The Labute approximate surface area is 479 Å². The number of carbonyl (C=O) groups excluding carboxylic acids is 3. The molecule has 2 aromatic heterocycles. The van der Waals surface area contributed by atoms with E-state index >= 15 is 9.18 Å². The standard InChI is InChI=1S/C67H71FN8O6/c68-57-34-47(32-53-50(57)22-30-75(63(53)44-12-6-2-7-13-44)65(77)80-59-39-71-25-17-42(59)18-26-71)55-37-72-27-20-51(55)60(40-72)81-67(79)76-31-23-58-54(64(76)45-14-8-3-9-15-45)33-48(36-70-58)56-38-73-28-21-52(56)61(41-73)82-66(78)74-29-19-46-35-69-24-16-49(46)62(74)43-10-4-1-5-11-43/h1-16,24,32-36,42,51-52,55-56,59-64H,17-23,25-31,37-41H2/t51?,52?,55?,56?,59-,60-,61-,62+,63+,64+/m1/s1. The number of amides is 3. The Hall–Kier alpha value is -7.20. The first-order chi connectivity index (χ1) is 40.3. The highest BCUT2D eigenvalue weighted by Crippen LogP contribution is 2.48. The van der Waals surface area contributed by atoms with Gasteiger partial charge in [0, 0.05) is 112 Å². The molecule has 12 atom stereocenters. The molecule has 9 fully saturated rings. The van der Waals surface area contributed by atoms with Crippen LogP contribution in [0.1, 0.15) is 117 Å². The summed E-state index contributed by atoms with van der Waals surface area (Å²) in [5.41, 5.74) is 10.6. The molecule has 6 aromatic rings. The van der Waals surface area contributed by atoms with Crippen molar-refractivity contribution in [3.63, 3.8) is 0 Å². The summed E-state index contributed by atoms with van der Waals surface area (Å²) < 4.78 is 36.7. The molecule has 422 valence electrons. The molecular weight excluding hydrogens is 1030 g/mol. The van der Waals surface area contributed by atoms with Crippen molar-refractivity contribution in [1.82, 2.24) is 39.4 Å². The Balaban J connectivity index is 0.680. The molecule has 12 aliphatic heterocycles. The van der Waals surface area contributed by atoms with E-state index in [-0.39, 0.29) is 66.0 Å². The Kier molecular flexibility index (Phi) is 13.6. The lowest BCUT2D eigenvalue weighted by Crippen LogP contribution is -2.57. The van der Waals surface area contributed by atoms with E-state index in [1.807, 2.05) is 106 Å². The zero-order valence-electron chi connectivity index (χ0n) is 46.4. The molecule has 0 radical (unpaired) electrons. The van der Waals surface area contributed by atoms with Crippen LogP contribution in [0, 0.1) is 23.6 Å². The predicted molar refractivity (Wildman–Crippen MR) is 306 cm³/mol. The number of carbonyl (C=O) groups is 3. The topological polar surface area (TPSA) is 124 Å².